The van der Waals surface area contributed by atoms with Gasteiger partial charge in [-0.3, -0.25) is 9.48 Å². The SMILES string of the molecule is Cc1cc(NC(=O)c2ccc(Cl)cc2)nn1Cc1ccc(Cl)cc1Cl. The number of hydrogen-bond acceptors (Lipinski definition) is 2. The first kappa shape index (κ1) is 17.8. The molecule has 3 aromatic rings. The highest BCUT2D eigenvalue weighted by molar-refractivity contribution is 6.35. The summed E-state index contributed by atoms with van der Waals surface area (Å²) in [6, 6.07) is 13.8. The number of nitrogens with one attached hydrogen (secondary N) is 1. The first-order valence-electron chi connectivity index (χ1n) is 7.47. The predicted octanol–water partition coefficient (Wildman–Crippen LogP) is 5.45. The molecule has 0 bridgehead atoms. The van der Waals surface area contributed by atoms with E-state index in [0.29, 0.717) is 33.0 Å². The van der Waals surface area contributed by atoms with Crippen LogP contribution in [0.25, 0.3) is 0 Å². The summed E-state index contributed by atoms with van der Waals surface area (Å²) in [5.74, 6) is 0.230. The van der Waals surface area contributed by atoms with E-state index < -0.39 is 0 Å². The fourth-order valence-electron chi connectivity index (χ4n) is 2.33. The number of amides is 1. The van der Waals surface area contributed by atoms with Crippen molar-refractivity contribution in [2.75, 3.05) is 5.32 Å². The number of aryl methyl sites for hydroxylation is 1. The van der Waals surface area contributed by atoms with Crippen molar-refractivity contribution in [2.45, 2.75) is 13.5 Å². The minimum Gasteiger partial charge on any atom is -0.305 e. The topological polar surface area (TPSA) is 46.9 Å². The van der Waals surface area contributed by atoms with Gasteiger partial charge in [-0.25, -0.2) is 0 Å². The van der Waals surface area contributed by atoms with Crippen LogP contribution in [0, 0.1) is 6.92 Å². The summed E-state index contributed by atoms with van der Waals surface area (Å²) < 4.78 is 1.77. The zero-order chi connectivity index (χ0) is 18.0. The van der Waals surface area contributed by atoms with Crippen LogP contribution in [0.3, 0.4) is 0 Å². The molecule has 25 heavy (non-hydrogen) atoms. The molecule has 0 aliphatic carbocycles. The molecule has 1 heterocycles. The van der Waals surface area contributed by atoms with Gasteiger partial charge in [-0.1, -0.05) is 40.9 Å². The van der Waals surface area contributed by atoms with E-state index in [1.807, 2.05) is 13.0 Å². The first-order valence-corrected chi connectivity index (χ1v) is 8.61. The predicted molar refractivity (Wildman–Crippen MR) is 102 cm³/mol. The Morgan fingerprint density at radius 2 is 1.72 bits per heavy atom. The van der Waals surface area contributed by atoms with Crippen LogP contribution in [-0.2, 0) is 6.54 Å². The van der Waals surface area contributed by atoms with Crippen molar-refractivity contribution in [1.82, 2.24) is 9.78 Å². The minimum atomic E-state index is -0.245. The lowest BCUT2D eigenvalue weighted by molar-refractivity contribution is 0.102. The molecule has 0 fully saturated rings. The van der Waals surface area contributed by atoms with E-state index in [9.17, 15) is 4.79 Å². The van der Waals surface area contributed by atoms with Crippen molar-refractivity contribution in [3.05, 3.63) is 80.4 Å². The summed E-state index contributed by atoms with van der Waals surface area (Å²) in [7, 11) is 0. The number of benzene rings is 2. The zero-order valence-electron chi connectivity index (χ0n) is 13.3. The van der Waals surface area contributed by atoms with Gasteiger partial charge in [-0.15, -0.1) is 0 Å². The molecule has 0 unspecified atom stereocenters. The molecule has 0 radical (unpaired) electrons. The monoisotopic (exact) mass is 393 g/mol. The Balaban J connectivity index is 1.75. The van der Waals surface area contributed by atoms with Gasteiger partial charge in [0.2, 0.25) is 0 Å². The third-order valence-corrected chi connectivity index (χ3v) is 4.50. The lowest BCUT2D eigenvalue weighted by Crippen LogP contribution is -2.12. The van der Waals surface area contributed by atoms with Crippen molar-refractivity contribution < 1.29 is 4.79 Å². The fourth-order valence-corrected chi connectivity index (χ4v) is 2.93. The highest BCUT2D eigenvalue weighted by Gasteiger charge is 2.11. The molecule has 0 atom stereocenters. The van der Waals surface area contributed by atoms with E-state index in [4.69, 9.17) is 34.8 Å². The molecule has 1 aromatic heterocycles. The van der Waals surface area contributed by atoms with Crippen molar-refractivity contribution in [2.24, 2.45) is 0 Å². The normalized spacial score (nSPS) is 10.7. The molecule has 4 nitrogen and oxygen atoms in total. The Kier molecular flexibility index (Phi) is 5.33. The molecule has 0 spiro atoms. The lowest BCUT2D eigenvalue weighted by atomic mass is 10.2. The van der Waals surface area contributed by atoms with E-state index in [2.05, 4.69) is 10.4 Å². The number of carbonyl (C=O) groups excluding carboxylic acids is 1. The van der Waals surface area contributed by atoms with Crippen molar-refractivity contribution >= 4 is 46.5 Å². The summed E-state index contributed by atoms with van der Waals surface area (Å²) in [6.07, 6.45) is 0. The van der Waals surface area contributed by atoms with E-state index >= 15 is 0 Å². The average Bonchev–Trinajstić information content (AvgIpc) is 2.90. The number of hydrogen-bond donors (Lipinski definition) is 1. The van der Waals surface area contributed by atoms with Gasteiger partial charge in [0, 0.05) is 32.4 Å². The molecule has 0 aliphatic heterocycles. The Hall–Kier alpha value is -2.01. The molecule has 1 N–H and O–H groups in total. The van der Waals surface area contributed by atoms with E-state index in [0.717, 1.165) is 11.3 Å². The van der Waals surface area contributed by atoms with Crippen LogP contribution in [-0.4, -0.2) is 15.7 Å². The molecular weight excluding hydrogens is 381 g/mol. The van der Waals surface area contributed by atoms with Gasteiger partial charge in [0.25, 0.3) is 5.91 Å². The summed E-state index contributed by atoms with van der Waals surface area (Å²) >= 11 is 18.0. The standard InChI is InChI=1S/C18H14Cl3N3O/c1-11-8-17(22-18(25)12-2-5-14(19)6-3-12)23-24(11)10-13-4-7-15(20)9-16(13)21/h2-9H,10H2,1H3,(H,22,23,25). The van der Waals surface area contributed by atoms with Crippen molar-refractivity contribution in [3.8, 4) is 0 Å². The van der Waals surface area contributed by atoms with E-state index in [1.54, 1.807) is 47.1 Å². The quantitative estimate of drug-likeness (QED) is 0.639. The van der Waals surface area contributed by atoms with Gasteiger partial charge >= 0.3 is 0 Å². The van der Waals surface area contributed by atoms with Crippen LogP contribution in [0.15, 0.2) is 48.5 Å². The van der Waals surface area contributed by atoms with Gasteiger partial charge in [0.1, 0.15) is 0 Å². The molecule has 0 saturated carbocycles. The van der Waals surface area contributed by atoms with Gasteiger partial charge in [0.15, 0.2) is 5.82 Å². The number of carbonyl (C=O) groups is 1. The molecule has 0 saturated heterocycles. The largest absolute Gasteiger partial charge is 0.305 e. The third kappa shape index (κ3) is 4.34. The summed E-state index contributed by atoms with van der Waals surface area (Å²) in [6.45, 7) is 2.40. The van der Waals surface area contributed by atoms with Gasteiger partial charge in [0.05, 0.1) is 6.54 Å². The molecule has 2 aromatic carbocycles. The Bertz CT molecular complexity index is 920. The van der Waals surface area contributed by atoms with Crippen molar-refractivity contribution in [1.29, 1.82) is 0 Å². The number of nitrogens with zero attached hydrogens (tertiary/aromatic N) is 2. The highest BCUT2D eigenvalue weighted by Crippen LogP contribution is 2.22. The van der Waals surface area contributed by atoms with E-state index in [-0.39, 0.29) is 5.91 Å². The van der Waals surface area contributed by atoms with Gasteiger partial charge < -0.3 is 5.32 Å². The van der Waals surface area contributed by atoms with Crippen LogP contribution >= 0.6 is 34.8 Å². The van der Waals surface area contributed by atoms with Crippen LogP contribution in [0.1, 0.15) is 21.6 Å². The highest BCUT2D eigenvalue weighted by atomic mass is 35.5. The molecule has 1 amide bonds. The second kappa shape index (κ2) is 7.48. The lowest BCUT2D eigenvalue weighted by Gasteiger charge is -2.07. The van der Waals surface area contributed by atoms with Crippen LogP contribution < -0.4 is 5.32 Å². The molecule has 128 valence electrons. The fraction of sp³-hybridized carbons (Fsp3) is 0.111. The molecule has 0 aliphatic rings. The number of anilines is 1. The number of rotatable bonds is 4. The summed E-state index contributed by atoms with van der Waals surface area (Å²) in [5, 5.41) is 8.94. The Morgan fingerprint density at radius 1 is 1.04 bits per heavy atom. The minimum absolute atomic E-state index is 0.245. The molecular formula is C18H14Cl3N3O. The van der Waals surface area contributed by atoms with Crippen molar-refractivity contribution in [3.63, 3.8) is 0 Å². The second-order valence-electron chi connectivity index (χ2n) is 5.53. The third-order valence-electron chi connectivity index (χ3n) is 3.66. The molecule has 7 heteroatoms. The van der Waals surface area contributed by atoms with Crippen LogP contribution in [0.4, 0.5) is 5.82 Å². The van der Waals surface area contributed by atoms with Gasteiger partial charge in [-0.2, -0.15) is 5.10 Å². The van der Waals surface area contributed by atoms with E-state index in [1.165, 1.54) is 0 Å². The maximum atomic E-state index is 12.3. The smallest absolute Gasteiger partial charge is 0.256 e. The second-order valence-corrected chi connectivity index (χ2v) is 6.81. The Morgan fingerprint density at radius 3 is 2.40 bits per heavy atom. The summed E-state index contributed by atoms with van der Waals surface area (Å²) in [4.78, 5) is 12.3. The first-order chi connectivity index (χ1) is 11.9. The molecule has 3 rings (SSSR count). The zero-order valence-corrected chi connectivity index (χ0v) is 15.5. The van der Waals surface area contributed by atoms with Gasteiger partial charge in [-0.05, 0) is 48.9 Å². The van der Waals surface area contributed by atoms with Crippen LogP contribution in [0.2, 0.25) is 15.1 Å². The maximum absolute atomic E-state index is 12.3. The Labute approximate surface area is 160 Å². The summed E-state index contributed by atoms with van der Waals surface area (Å²) in [5.41, 5.74) is 2.31. The number of aromatic nitrogens is 2. The average molecular weight is 395 g/mol. The maximum Gasteiger partial charge on any atom is 0.256 e. The number of halogens is 3. The van der Waals surface area contributed by atoms with Crippen LogP contribution in [0.5, 0.6) is 0 Å².